The third-order valence-electron chi connectivity index (χ3n) is 4.37. The molecule has 1 aromatic rings. The van der Waals surface area contributed by atoms with Crippen molar-refractivity contribution < 1.29 is 9.53 Å². The summed E-state index contributed by atoms with van der Waals surface area (Å²) in [6.45, 7) is 8.08. The second-order valence-corrected chi connectivity index (χ2v) is 12.1. The second kappa shape index (κ2) is 6.75. The molecule has 2 rings (SSSR count). The van der Waals surface area contributed by atoms with E-state index in [0.717, 1.165) is 19.4 Å². The Morgan fingerprint density at radius 1 is 1.29 bits per heavy atom. The molecule has 1 N–H and O–H groups in total. The van der Waals surface area contributed by atoms with E-state index in [1.165, 1.54) is 17.9 Å². The number of benzene rings is 1. The Kier molecular flexibility index (Phi) is 5.22. The number of hydrogen-bond donors (Lipinski definition) is 1. The van der Waals surface area contributed by atoms with Gasteiger partial charge >= 0.3 is 5.97 Å². The highest BCUT2D eigenvalue weighted by Gasteiger charge is 2.25. The molecule has 3 nitrogen and oxygen atoms in total. The molecule has 1 heterocycles. The Morgan fingerprint density at radius 3 is 2.52 bits per heavy atom. The third kappa shape index (κ3) is 4.42. The average molecular weight is 305 g/mol. The third-order valence-corrected chi connectivity index (χ3v) is 6.44. The predicted molar refractivity (Wildman–Crippen MR) is 89.5 cm³/mol. The zero-order chi connectivity index (χ0) is 15.5. The molecule has 4 heteroatoms. The molecule has 0 spiro atoms. The summed E-state index contributed by atoms with van der Waals surface area (Å²) in [7, 11) is 0.241. The maximum Gasteiger partial charge on any atom is 0.305 e. The lowest BCUT2D eigenvalue weighted by Gasteiger charge is -2.30. The zero-order valence-corrected chi connectivity index (χ0v) is 14.6. The summed E-state index contributed by atoms with van der Waals surface area (Å²) >= 11 is 0. The Morgan fingerprint density at radius 2 is 1.95 bits per heavy atom. The van der Waals surface area contributed by atoms with Crippen molar-refractivity contribution in [2.45, 2.75) is 44.9 Å². The molecule has 0 amide bonds. The van der Waals surface area contributed by atoms with E-state index in [1.807, 2.05) is 0 Å². The van der Waals surface area contributed by atoms with E-state index in [9.17, 15) is 4.79 Å². The van der Waals surface area contributed by atoms with E-state index in [-0.39, 0.29) is 5.97 Å². The summed E-state index contributed by atoms with van der Waals surface area (Å²) in [5, 5.41) is 5.07. The monoisotopic (exact) mass is 305 g/mol. The van der Waals surface area contributed by atoms with Gasteiger partial charge in [0.2, 0.25) is 0 Å². The van der Waals surface area contributed by atoms with Gasteiger partial charge < -0.3 is 10.1 Å². The van der Waals surface area contributed by atoms with Gasteiger partial charge in [0.25, 0.3) is 0 Å². The van der Waals surface area contributed by atoms with Crippen molar-refractivity contribution in [1.82, 2.24) is 5.32 Å². The van der Waals surface area contributed by atoms with Gasteiger partial charge in [0.05, 0.1) is 15.2 Å². The fourth-order valence-electron chi connectivity index (χ4n) is 2.97. The second-order valence-electron chi connectivity index (χ2n) is 7.05. The molecule has 1 saturated heterocycles. The van der Waals surface area contributed by atoms with Gasteiger partial charge in [-0.3, -0.25) is 4.79 Å². The van der Waals surface area contributed by atoms with Crippen LogP contribution in [0.5, 0.6) is 0 Å². The number of ether oxygens (including phenoxy) is 1. The van der Waals surface area contributed by atoms with Gasteiger partial charge in [0.15, 0.2) is 0 Å². The molecule has 1 aliphatic heterocycles. The van der Waals surface area contributed by atoms with Gasteiger partial charge in [-0.2, -0.15) is 0 Å². The van der Waals surface area contributed by atoms with Gasteiger partial charge in [0.1, 0.15) is 0 Å². The van der Waals surface area contributed by atoms with Crippen LogP contribution in [0.4, 0.5) is 0 Å². The molecule has 1 aromatic carbocycles. The highest BCUT2D eigenvalue weighted by Crippen LogP contribution is 2.29. The zero-order valence-electron chi connectivity index (χ0n) is 13.6. The van der Waals surface area contributed by atoms with Crippen molar-refractivity contribution in [2.75, 3.05) is 13.7 Å². The number of hydrogen-bond acceptors (Lipinski definition) is 3. The largest absolute Gasteiger partial charge is 0.469 e. The normalized spacial score (nSPS) is 22.9. The first-order valence-electron chi connectivity index (χ1n) is 7.81. The van der Waals surface area contributed by atoms with E-state index in [4.69, 9.17) is 4.74 Å². The lowest BCUT2D eigenvalue weighted by atomic mass is 9.87. The van der Waals surface area contributed by atoms with Crippen LogP contribution < -0.4 is 10.5 Å². The Bertz CT molecular complexity index is 479. The fourth-order valence-corrected chi connectivity index (χ4v) is 4.14. The molecule has 0 unspecified atom stereocenters. The quantitative estimate of drug-likeness (QED) is 0.687. The lowest BCUT2D eigenvalue weighted by Crippen LogP contribution is -2.38. The minimum atomic E-state index is -1.23. The first-order chi connectivity index (χ1) is 9.90. The molecular formula is C17H27NO2Si. The SMILES string of the molecule is COC(=O)C[C@H]1CCN[C@@H](c2ccc([Si](C)(C)C)cc2)C1. The van der Waals surface area contributed by atoms with Crippen LogP contribution in [0, 0.1) is 5.92 Å². The fraction of sp³-hybridized carbons (Fsp3) is 0.588. The van der Waals surface area contributed by atoms with Crippen LogP contribution in [0.2, 0.25) is 19.6 Å². The molecule has 0 aromatic heterocycles. The van der Waals surface area contributed by atoms with Crippen molar-refractivity contribution in [3.8, 4) is 0 Å². The van der Waals surface area contributed by atoms with Crippen LogP contribution in [0.25, 0.3) is 0 Å². The van der Waals surface area contributed by atoms with Gasteiger partial charge in [-0.15, -0.1) is 0 Å². The highest BCUT2D eigenvalue weighted by atomic mass is 28.3. The molecule has 2 atom stereocenters. The number of carbonyl (C=O) groups excluding carboxylic acids is 1. The van der Waals surface area contributed by atoms with E-state index in [1.54, 1.807) is 0 Å². The van der Waals surface area contributed by atoms with Crippen LogP contribution in [0.15, 0.2) is 24.3 Å². The van der Waals surface area contributed by atoms with Crippen molar-refractivity contribution in [3.63, 3.8) is 0 Å². The summed E-state index contributed by atoms with van der Waals surface area (Å²) < 4.78 is 4.79. The highest BCUT2D eigenvalue weighted by molar-refractivity contribution is 6.88. The van der Waals surface area contributed by atoms with E-state index >= 15 is 0 Å². The first-order valence-corrected chi connectivity index (χ1v) is 11.3. The molecule has 0 aliphatic carbocycles. The van der Waals surface area contributed by atoms with Gasteiger partial charge in [0, 0.05) is 12.5 Å². The van der Waals surface area contributed by atoms with E-state index in [0.29, 0.717) is 18.4 Å². The summed E-state index contributed by atoms with van der Waals surface area (Å²) in [6.07, 6.45) is 2.61. The smallest absolute Gasteiger partial charge is 0.305 e. The van der Waals surface area contributed by atoms with Crippen LogP contribution in [0.3, 0.4) is 0 Å². The van der Waals surface area contributed by atoms with E-state index in [2.05, 4.69) is 49.2 Å². The number of rotatable bonds is 4. The molecule has 0 bridgehead atoms. The van der Waals surface area contributed by atoms with Crippen molar-refractivity contribution >= 4 is 19.2 Å². The molecule has 21 heavy (non-hydrogen) atoms. The molecule has 0 radical (unpaired) electrons. The first kappa shape index (κ1) is 16.2. The van der Waals surface area contributed by atoms with Crippen LogP contribution >= 0.6 is 0 Å². The number of nitrogens with one attached hydrogen (secondary N) is 1. The number of carbonyl (C=O) groups is 1. The summed E-state index contributed by atoms with van der Waals surface area (Å²) in [5.74, 6) is 0.343. The Hall–Kier alpha value is -1.13. The molecule has 1 aliphatic rings. The number of esters is 1. The Balaban J connectivity index is 2.02. The van der Waals surface area contributed by atoms with Crippen LogP contribution in [-0.2, 0) is 9.53 Å². The summed E-state index contributed by atoms with van der Waals surface area (Å²) in [4.78, 5) is 11.4. The standard InChI is InChI=1S/C17H27NO2Si/c1-20-17(19)12-13-9-10-18-16(11-13)14-5-7-15(8-6-14)21(2,3)4/h5-8,13,16,18H,9-12H2,1-4H3/t13-,16+/m0/s1. The van der Waals surface area contributed by atoms with Crippen molar-refractivity contribution in [2.24, 2.45) is 5.92 Å². The maximum atomic E-state index is 11.4. The van der Waals surface area contributed by atoms with Crippen molar-refractivity contribution in [1.29, 1.82) is 0 Å². The molecule has 1 fully saturated rings. The predicted octanol–water partition coefficient (Wildman–Crippen LogP) is 2.84. The minimum Gasteiger partial charge on any atom is -0.469 e. The lowest BCUT2D eigenvalue weighted by molar-refractivity contribution is -0.142. The number of methoxy groups -OCH3 is 1. The molecule has 0 saturated carbocycles. The summed E-state index contributed by atoms with van der Waals surface area (Å²) in [5.41, 5.74) is 1.34. The molecular weight excluding hydrogens is 278 g/mol. The van der Waals surface area contributed by atoms with Gasteiger partial charge in [-0.1, -0.05) is 49.1 Å². The van der Waals surface area contributed by atoms with E-state index < -0.39 is 8.07 Å². The number of piperidine rings is 1. The van der Waals surface area contributed by atoms with Crippen LogP contribution in [-0.4, -0.2) is 27.7 Å². The minimum absolute atomic E-state index is 0.0882. The van der Waals surface area contributed by atoms with Crippen molar-refractivity contribution in [3.05, 3.63) is 29.8 Å². The maximum absolute atomic E-state index is 11.4. The summed E-state index contributed by atoms with van der Waals surface area (Å²) in [6, 6.07) is 9.45. The van der Waals surface area contributed by atoms with Gasteiger partial charge in [-0.25, -0.2) is 0 Å². The van der Waals surface area contributed by atoms with Crippen LogP contribution in [0.1, 0.15) is 30.9 Å². The molecule has 116 valence electrons. The van der Waals surface area contributed by atoms with Gasteiger partial charge in [-0.05, 0) is 30.9 Å². The average Bonchev–Trinajstić information content (AvgIpc) is 2.46. The topological polar surface area (TPSA) is 38.3 Å². The Labute approximate surface area is 129 Å².